The number of hydrogen-bond donors (Lipinski definition) is 1. The number of amides is 1. The van der Waals surface area contributed by atoms with Crippen molar-refractivity contribution in [2.24, 2.45) is 0 Å². The van der Waals surface area contributed by atoms with Crippen molar-refractivity contribution in [1.82, 2.24) is 5.32 Å². The van der Waals surface area contributed by atoms with E-state index in [1.807, 2.05) is 91.3 Å². The molecule has 9 heteroatoms. The van der Waals surface area contributed by atoms with E-state index in [1.165, 1.54) is 0 Å². The highest BCUT2D eigenvalue weighted by atomic mass is 127. The molecule has 4 aromatic rings. The Bertz CT molecular complexity index is 1360. The van der Waals surface area contributed by atoms with Gasteiger partial charge in [0, 0.05) is 28.4 Å². The first-order valence-electron chi connectivity index (χ1n) is 12.1. The monoisotopic (exact) mass is 666 g/mol. The Kier molecular flexibility index (Phi) is 8.92. The van der Waals surface area contributed by atoms with Crippen LogP contribution in [0, 0.1) is 6.42 Å². The van der Waals surface area contributed by atoms with Gasteiger partial charge in [-0.3, -0.25) is 4.79 Å². The third-order valence-corrected chi connectivity index (χ3v) is 7.42. The molecule has 1 amide bonds. The number of carbonyl (C=O) groups excluding carboxylic acids is 1. The second-order valence-corrected chi connectivity index (χ2v) is 9.84. The van der Waals surface area contributed by atoms with Gasteiger partial charge in [-0.2, -0.15) is 26.3 Å². The summed E-state index contributed by atoms with van der Waals surface area (Å²) in [5.74, 6) is -1.05. The van der Waals surface area contributed by atoms with Gasteiger partial charge < -0.3 is 5.32 Å². The predicted molar refractivity (Wildman–Crippen MR) is 150 cm³/mol. The predicted octanol–water partition coefficient (Wildman–Crippen LogP) is 8.63. The Morgan fingerprint density at radius 1 is 0.650 bits per heavy atom. The largest absolute Gasteiger partial charge is 0.416 e. The molecule has 1 radical (unpaired) electrons. The van der Waals surface area contributed by atoms with E-state index < -0.39 is 40.4 Å². The van der Waals surface area contributed by atoms with Crippen LogP contribution >= 0.6 is 22.6 Å². The number of benzene rings is 4. The minimum Gasteiger partial charge on any atom is -0.352 e. The first-order chi connectivity index (χ1) is 18.9. The average Bonchev–Trinajstić information content (AvgIpc) is 2.95. The van der Waals surface area contributed by atoms with Crippen LogP contribution in [0.3, 0.4) is 0 Å². The highest BCUT2D eigenvalue weighted by Gasteiger charge is 2.38. The molecule has 40 heavy (non-hydrogen) atoms. The number of rotatable bonds is 8. The molecule has 0 spiro atoms. The van der Waals surface area contributed by atoms with Crippen LogP contribution in [0.5, 0.6) is 0 Å². The van der Waals surface area contributed by atoms with Crippen molar-refractivity contribution in [3.05, 3.63) is 148 Å². The molecule has 0 aliphatic carbocycles. The van der Waals surface area contributed by atoms with E-state index in [-0.39, 0.29) is 12.6 Å². The van der Waals surface area contributed by atoms with Gasteiger partial charge in [0.1, 0.15) is 0 Å². The Morgan fingerprint density at radius 3 is 1.52 bits per heavy atom. The normalized spacial score (nSPS) is 12.3. The zero-order valence-corrected chi connectivity index (χ0v) is 23.0. The molecule has 4 rings (SSSR count). The summed E-state index contributed by atoms with van der Waals surface area (Å²) >= 11 is 2.26. The Hall–Kier alpha value is -3.34. The summed E-state index contributed by atoms with van der Waals surface area (Å²) < 4.78 is 80.7. The second kappa shape index (κ2) is 12.0. The van der Waals surface area contributed by atoms with Crippen LogP contribution in [0.25, 0.3) is 0 Å². The van der Waals surface area contributed by atoms with Gasteiger partial charge in [-0.15, -0.1) is 0 Å². The van der Waals surface area contributed by atoms with E-state index in [1.54, 1.807) is 0 Å². The molecule has 0 atom stereocenters. The van der Waals surface area contributed by atoms with E-state index in [0.29, 0.717) is 12.1 Å². The Labute approximate surface area is 241 Å². The van der Waals surface area contributed by atoms with Crippen LogP contribution in [-0.4, -0.2) is 12.5 Å². The molecule has 0 saturated heterocycles. The quantitative estimate of drug-likeness (QED) is 0.0868. The molecule has 0 bridgehead atoms. The molecular formula is C31H23F6INO. The van der Waals surface area contributed by atoms with Crippen LogP contribution in [0.2, 0.25) is 0 Å². The number of alkyl halides is 7. The van der Waals surface area contributed by atoms with Crippen molar-refractivity contribution in [3.63, 3.8) is 0 Å². The first-order valence-corrected chi connectivity index (χ1v) is 13.7. The topological polar surface area (TPSA) is 29.1 Å². The van der Waals surface area contributed by atoms with E-state index in [9.17, 15) is 31.1 Å². The molecule has 1 N–H and O–H groups in total. The first kappa shape index (κ1) is 29.6. The van der Waals surface area contributed by atoms with Crippen LogP contribution in [0.1, 0.15) is 43.7 Å². The van der Waals surface area contributed by atoms with Crippen LogP contribution in [0.15, 0.2) is 103 Å². The average molecular weight is 666 g/mol. The van der Waals surface area contributed by atoms with E-state index >= 15 is 0 Å². The van der Waals surface area contributed by atoms with Crippen molar-refractivity contribution in [2.45, 2.75) is 22.2 Å². The number of halogens is 7. The van der Waals surface area contributed by atoms with E-state index in [0.717, 1.165) is 26.7 Å². The van der Waals surface area contributed by atoms with Gasteiger partial charge in [0.25, 0.3) is 5.91 Å². The summed E-state index contributed by atoms with van der Waals surface area (Å²) in [6.45, 7) is -0.145. The lowest BCUT2D eigenvalue weighted by atomic mass is 9.67. The molecule has 4 aromatic carbocycles. The number of hydrogen-bond acceptors (Lipinski definition) is 1. The minimum atomic E-state index is -5.05. The molecule has 2 nitrogen and oxygen atoms in total. The summed E-state index contributed by atoms with van der Waals surface area (Å²) in [7, 11) is 0. The molecular weight excluding hydrogens is 643 g/mol. The molecule has 0 heterocycles. The van der Waals surface area contributed by atoms with Crippen molar-refractivity contribution in [2.75, 3.05) is 6.54 Å². The van der Waals surface area contributed by atoms with Crippen LogP contribution in [0.4, 0.5) is 26.3 Å². The van der Waals surface area contributed by atoms with Gasteiger partial charge in [-0.05, 0) is 40.5 Å². The summed E-state index contributed by atoms with van der Waals surface area (Å²) in [6.07, 6.45) is -8.29. The molecule has 0 aliphatic rings. The number of nitrogens with one attached hydrogen (secondary N) is 1. The van der Waals surface area contributed by atoms with Crippen molar-refractivity contribution >= 4 is 28.5 Å². The van der Waals surface area contributed by atoms with Crippen molar-refractivity contribution in [3.8, 4) is 0 Å². The number of carbonyl (C=O) groups is 1. The maximum Gasteiger partial charge on any atom is 0.416 e. The summed E-state index contributed by atoms with van der Waals surface area (Å²) in [5, 5.41) is 2.51. The highest BCUT2D eigenvalue weighted by Crippen LogP contribution is 2.42. The smallest absolute Gasteiger partial charge is 0.352 e. The van der Waals surface area contributed by atoms with Crippen molar-refractivity contribution < 1.29 is 31.1 Å². The Morgan fingerprint density at radius 2 is 1.10 bits per heavy atom. The molecule has 0 unspecified atom stereocenters. The van der Waals surface area contributed by atoms with Crippen LogP contribution < -0.4 is 5.32 Å². The van der Waals surface area contributed by atoms with Gasteiger partial charge in [0.05, 0.1) is 11.1 Å². The lowest BCUT2D eigenvalue weighted by Crippen LogP contribution is -2.36. The maximum atomic E-state index is 13.3. The lowest BCUT2D eigenvalue weighted by molar-refractivity contribution is -0.143. The van der Waals surface area contributed by atoms with Gasteiger partial charge in [0.15, 0.2) is 0 Å². The summed E-state index contributed by atoms with van der Waals surface area (Å²) in [4.78, 5) is 12.9. The SMILES string of the molecule is O=C(NC[CH]C(c1ccccc1)(c1ccccc1)c1ccc(CI)cc1)c1cc(C(F)(F)F)cc(C(F)(F)F)c1. The molecule has 0 aromatic heterocycles. The van der Waals surface area contributed by atoms with Gasteiger partial charge in [-0.25, -0.2) is 0 Å². The standard InChI is InChI=1S/C31H23F6INO/c32-30(33,34)26-17-22(18-27(19-26)31(35,36)37)28(40)39-16-15-29(23-7-3-1-4-8-23,24-9-5-2-6-10-24)25-13-11-21(20-38)12-14-25/h1-15,17-19H,16,20H2,(H,39,40). The summed E-state index contributed by atoms with van der Waals surface area (Å²) in [5.41, 5.74) is -0.975. The third kappa shape index (κ3) is 6.51. The second-order valence-electron chi connectivity index (χ2n) is 9.08. The van der Waals surface area contributed by atoms with Gasteiger partial charge in [0.2, 0.25) is 0 Å². The zero-order chi connectivity index (χ0) is 29.0. The van der Waals surface area contributed by atoms with E-state index in [4.69, 9.17) is 0 Å². The van der Waals surface area contributed by atoms with Crippen molar-refractivity contribution in [1.29, 1.82) is 0 Å². The maximum absolute atomic E-state index is 13.3. The molecule has 0 fully saturated rings. The van der Waals surface area contributed by atoms with Gasteiger partial charge in [-0.1, -0.05) is 108 Å². The van der Waals surface area contributed by atoms with E-state index in [2.05, 4.69) is 27.9 Å². The fourth-order valence-corrected chi connectivity index (χ4v) is 5.11. The third-order valence-electron chi connectivity index (χ3n) is 6.54. The van der Waals surface area contributed by atoms with Crippen LogP contribution in [-0.2, 0) is 22.2 Å². The lowest BCUT2D eigenvalue weighted by Gasteiger charge is -2.36. The zero-order valence-electron chi connectivity index (χ0n) is 20.9. The minimum absolute atomic E-state index is 0.00182. The highest BCUT2D eigenvalue weighted by molar-refractivity contribution is 14.1. The molecule has 0 saturated carbocycles. The van der Waals surface area contributed by atoms with Gasteiger partial charge >= 0.3 is 12.4 Å². The summed E-state index contributed by atoms with van der Waals surface area (Å²) in [6, 6.07) is 27.8. The Balaban J connectivity index is 1.72. The molecule has 207 valence electrons. The fraction of sp³-hybridized carbons (Fsp3) is 0.161. The fourth-order valence-electron chi connectivity index (χ4n) is 4.60. The molecule has 0 aliphatic heterocycles.